The predicted octanol–water partition coefficient (Wildman–Crippen LogP) is 1.74. The number of Topliss-reactive ketones (excluding diaryl/α,β-unsaturated/α-hetero) is 1. The zero-order chi connectivity index (χ0) is 12.7. The first kappa shape index (κ1) is 11.2. The minimum absolute atomic E-state index is 0.298. The molecule has 2 N–H and O–H groups in total. The van der Waals surface area contributed by atoms with Crippen LogP contribution in [0.2, 0.25) is 5.02 Å². The van der Waals surface area contributed by atoms with Gasteiger partial charge in [0, 0.05) is 4.90 Å². The number of aromatic nitrogens is 3. The molecule has 0 radical (unpaired) electrons. The number of hydrogen-bond acceptors (Lipinski definition) is 5. The Morgan fingerprint density at radius 3 is 2.83 bits per heavy atom. The molecule has 0 saturated heterocycles. The van der Waals surface area contributed by atoms with Crippen molar-refractivity contribution >= 4 is 40.7 Å². The van der Waals surface area contributed by atoms with Crippen LogP contribution in [-0.4, -0.2) is 26.9 Å². The van der Waals surface area contributed by atoms with Gasteiger partial charge in [0.1, 0.15) is 6.33 Å². The zero-order valence-electron chi connectivity index (χ0n) is 8.73. The van der Waals surface area contributed by atoms with Crippen LogP contribution in [0.15, 0.2) is 28.5 Å². The van der Waals surface area contributed by atoms with E-state index in [4.69, 9.17) is 11.6 Å². The van der Waals surface area contributed by atoms with E-state index in [-0.39, 0.29) is 0 Å². The van der Waals surface area contributed by atoms with Crippen molar-refractivity contribution in [2.45, 2.75) is 10.1 Å². The molecule has 0 saturated carbocycles. The van der Waals surface area contributed by atoms with E-state index in [1.807, 2.05) is 0 Å². The Bertz CT molecular complexity index is 656. The lowest BCUT2D eigenvalue weighted by Gasteiger charge is -2.04. The van der Waals surface area contributed by atoms with Crippen LogP contribution in [0.1, 0.15) is 10.4 Å². The lowest BCUT2D eigenvalue weighted by molar-refractivity contribution is -0.112. The van der Waals surface area contributed by atoms with Gasteiger partial charge in [0.2, 0.25) is 0 Å². The first-order valence-electron chi connectivity index (χ1n) is 4.87. The Kier molecular flexibility index (Phi) is 2.57. The predicted molar refractivity (Wildman–Crippen MR) is 64.9 cm³/mol. The van der Waals surface area contributed by atoms with Gasteiger partial charge >= 0.3 is 0 Å². The summed E-state index contributed by atoms with van der Waals surface area (Å²) in [5.74, 6) is -1.20. The Labute approximate surface area is 110 Å². The lowest BCUT2D eigenvalue weighted by Crippen LogP contribution is -2.12. The van der Waals surface area contributed by atoms with Crippen molar-refractivity contribution < 1.29 is 9.59 Å². The van der Waals surface area contributed by atoms with Crippen molar-refractivity contribution in [2.75, 3.05) is 5.32 Å². The molecule has 0 spiro atoms. The number of ketones is 1. The number of rotatable bonds is 2. The van der Waals surface area contributed by atoms with Crippen molar-refractivity contribution in [1.29, 1.82) is 0 Å². The van der Waals surface area contributed by atoms with Crippen LogP contribution in [0.4, 0.5) is 5.69 Å². The summed E-state index contributed by atoms with van der Waals surface area (Å²) in [5, 5.41) is 9.86. The number of carbonyl (C=O) groups is 2. The van der Waals surface area contributed by atoms with Crippen LogP contribution in [0.25, 0.3) is 0 Å². The molecule has 3 rings (SSSR count). The summed E-state index contributed by atoms with van der Waals surface area (Å²) in [7, 11) is 0. The van der Waals surface area contributed by atoms with Crippen LogP contribution >= 0.6 is 23.4 Å². The second-order valence-electron chi connectivity index (χ2n) is 3.50. The third kappa shape index (κ3) is 1.77. The van der Waals surface area contributed by atoms with Crippen molar-refractivity contribution in [3.63, 3.8) is 0 Å². The maximum absolute atomic E-state index is 11.5. The molecule has 1 aromatic heterocycles. The zero-order valence-corrected chi connectivity index (χ0v) is 10.3. The number of nitrogens with zero attached hydrogens (tertiary/aromatic N) is 2. The molecule has 0 unspecified atom stereocenters. The summed E-state index contributed by atoms with van der Waals surface area (Å²) < 4.78 is 0. The van der Waals surface area contributed by atoms with Gasteiger partial charge in [-0.3, -0.25) is 14.7 Å². The summed E-state index contributed by atoms with van der Waals surface area (Å²) in [6.45, 7) is 0. The van der Waals surface area contributed by atoms with Crippen molar-refractivity contribution in [2.24, 2.45) is 0 Å². The molecule has 18 heavy (non-hydrogen) atoms. The second-order valence-corrected chi connectivity index (χ2v) is 4.94. The van der Waals surface area contributed by atoms with Crippen molar-refractivity contribution in [3.8, 4) is 0 Å². The van der Waals surface area contributed by atoms with Crippen molar-refractivity contribution in [3.05, 3.63) is 29.0 Å². The van der Waals surface area contributed by atoms with Gasteiger partial charge in [0.25, 0.3) is 11.7 Å². The SMILES string of the molecule is O=C1Nc2cc(Sc3ncn[nH]3)c(Cl)cc2C1=O. The highest BCUT2D eigenvalue weighted by Crippen LogP contribution is 2.37. The summed E-state index contributed by atoms with van der Waals surface area (Å²) >= 11 is 7.33. The number of amides is 1. The highest BCUT2D eigenvalue weighted by atomic mass is 35.5. The quantitative estimate of drug-likeness (QED) is 0.818. The lowest BCUT2D eigenvalue weighted by atomic mass is 10.1. The standard InChI is InChI=1S/C10H5ClN4O2S/c11-5-1-4-6(14-9(17)8(4)16)2-7(5)18-10-12-3-13-15-10/h1-3H,(H,12,13,15)(H,14,16,17). The first-order valence-corrected chi connectivity index (χ1v) is 6.07. The van der Waals surface area contributed by atoms with E-state index in [1.54, 1.807) is 6.07 Å². The summed E-state index contributed by atoms with van der Waals surface area (Å²) in [5.41, 5.74) is 0.767. The van der Waals surface area contributed by atoms with E-state index in [0.29, 0.717) is 26.3 Å². The van der Waals surface area contributed by atoms with Gasteiger partial charge in [-0.2, -0.15) is 5.10 Å². The monoisotopic (exact) mass is 280 g/mol. The number of aromatic amines is 1. The van der Waals surface area contributed by atoms with Crippen LogP contribution in [0, 0.1) is 0 Å². The Morgan fingerprint density at radius 1 is 1.28 bits per heavy atom. The molecule has 0 fully saturated rings. The van der Waals surface area contributed by atoms with Gasteiger partial charge in [-0.1, -0.05) is 11.6 Å². The molecule has 0 atom stereocenters. The molecule has 6 nitrogen and oxygen atoms in total. The fraction of sp³-hybridized carbons (Fsp3) is 0. The number of fused-ring (bicyclic) bond motifs is 1. The van der Waals surface area contributed by atoms with Gasteiger partial charge in [0.15, 0.2) is 5.16 Å². The minimum Gasteiger partial charge on any atom is -0.318 e. The van der Waals surface area contributed by atoms with Gasteiger partial charge in [-0.05, 0) is 23.9 Å². The topological polar surface area (TPSA) is 87.7 Å². The number of anilines is 1. The first-order chi connectivity index (χ1) is 8.65. The molecule has 1 aliphatic heterocycles. The molecule has 0 aliphatic carbocycles. The Hall–Kier alpha value is -1.86. The van der Waals surface area contributed by atoms with E-state index in [1.165, 1.54) is 24.2 Å². The number of H-pyrrole nitrogens is 1. The van der Waals surface area contributed by atoms with Gasteiger partial charge in [-0.25, -0.2) is 4.98 Å². The van der Waals surface area contributed by atoms with Crippen molar-refractivity contribution in [1.82, 2.24) is 15.2 Å². The molecule has 8 heteroatoms. The fourth-order valence-corrected chi connectivity index (χ4v) is 2.59. The van der Waals surface area contributed by atoms with Crippen LogP contribution in [-0.2, 0) is 4.79 Å². The van der Waals surface area contributed by atoms with E-state index in [0.717, 1.165) is 0 Å². The molecule has 1 amide bonds. The number of halogens is 1. The summed E-state index contributed by atoms with van der Waals surface area (Å²) in [4.78, 5) is 27.3. The molecular formula is C10H5ClN4O2S. The maximum Gasteiger partial charge on any atom is 0.296 e. The summed E-state index contributed by atoms with van der Waals surface area (Å²) in [6.07, 6.45) is 1.38. The largest absolute Gasteiger partial charge is 0.318 e. The van der Waals surface area contributed by atoms with Crippen LogP contribution < -0.4 is 5.32 Å². The molecule has 1 aliphatic rings. The van der Waals surface area contributed by atoms with Crippen LogP contribution in [0.3, 0.4) is 0 Å². The molecule has 2 heterocycles. The maximum atomic E-state index is 11.5. The minimum atomic E-state index is -0.636. The average molecular weight is 281 g/mol. The van der Waals surface area contributed by atoms with E-state index in [9.17, 15) is 9.59 Å². The third-order valence-electron chi connectivity index (χ3n) is 2.37. The van der Waals surface area contributed by atoms with E-state index < -0.39 is 11.7 Å². The fourth-order valence-electron chi connectivity index (χ4n) is 1.57. The normalized spacial score (nSPS) is 13.6. The second kappa shape index (κ2) is 4.11. The van der Waals surface area contributed by atoms with Crippen LogP contribution in [0.5, 0.6) is 0 Å². The van der Waals surface area contributed by atoms with Gasteiger partial charge < -0.3 is 5.32 Å². The Morgan fingerprint density at radius 2 is 2.11 bits per heavy atom. The molecule has 2 aromatic rings. The molecule has 1 aromatic carbocycles. The number of hydrogen-bond donors (Lipinski definition) is 2. The highest BCUT2D eigenvalue weighted by Gasteiger charge is 2.29. The van der Waals surface area contributed by atoms with E-state index >= 15 is 0 Å². The molecule has 0 bridgehead atoms. The highest BCUT2D eigenvalue weighted by molar-refractivity contribution is 7.99. The van der Waals surface area contributed by atoms with Gasteiger partial charge in [0.05, 0.1) is 16.3 Å². The average Bonchev–Trinajstić information content (AvgIpc) is 2.92. The summed E-state index contributed by atoms with van der Waals surface area (Å²) in [6, 6.07) is 3.13. The molecular weight excluding hydrogens is 276 g/mol. The number of carbonyl (C=O) groups excluding carboxylic acids is 2. The van der Waals surface area contributed by atoms with E-state index in [2.05, 4.69) is 20.5 Å². The molecule has 90 valence electrons. The van der Waals surface area contributed by atoms with Gasteiger partial charge in [-0.15, -0.1) is 0 Å². The number of benzene rings is 1. The smallest absolute Gasteiger partial charge is 0.296 e. The third-order valence-corrected chi connectivity index (χ3v) is 3.74. The number of nitrogens with one attached hydrogen (secondary N) is 2. The Balaban J connectivity index is 2.01.